The number of nitrogens with one attached hydrogen (secondary N) is 2. The van der Waals surface area contributed by atoms with Crippen molar-refractivity contribution < 1.29 is 4.39 Å². The van der Waals surface area contributed by atoms with E-state index in [9.17, 15) is 4.39 Å². The van der Waals surface area contributed by atoms with Gasteiger partial charge in [0.05, 0.1) is 0 Å². The zero-order valence-corrected chi connectivity index (χ0v) is 17.6. The third-order valence-electron chi connectivity index (χ3n) is 5.88. The molecular weight excluding hydrogens is 379 g/mol. The number of benzene rings is 1. The summed E-state index contributed by atoms with van der Waals surface area (Å²) in [5.41, 5.74) is 2.60. The fraction of sp³-hybridized carbons (Fsp3) is 0.478. The predicted octanol–water partition coefficient (Wildman–Crippen LogP) is 2.76. The maximum absolute atomic E-state index is 14.0. The van der Waals surface area contributed by atoms with Crippen molar-refractivity contribution in [3.63, 3.8) is 0 Å². The van der Waals surface area contributed by atoms with Crippen LogP contribution in [0.4, 0.5) is 10.2 Å². The summed E-state index contributed by atoms with van der Waals surface area (Å²) in [4.78, 5) is 13.0. The van der Waals surface area contributed by atoms with Crippen LogP contribution in [-0.2, 0) is 13.1 Å². The molecule has 0 amide bonds. The fourth-order valence-electron chi connectivity index (χ4n) is 4.22. The molecule has 2 fully saturated rings. The Balaban J connectivity index is 1.24. The highest BCUT2D eigenvalue weighted by Crippen LogP contribution is 2.20. The van der Waals surface area contributed by atoms with Crippen LogP contribution < -0.4 is 15.5 Å². The van der Waals surface area contributed by atoms with Crippen molar-refractivity contribution >= 4 is 11.8 Å². The molecular formula is C23H31FN6. The Morgan fingerprint density at radius 3 is 2.63 bits per heavy atom. The van der Waals surface area contributed by atoms with E-state index in [1.807, 2.05) is 4.90 Å². The number of nitrogens with zero attached hydrogens (tertiary/aromatic N) is 4. The largest absolute Gasteiger partial charge is 0.352 e. The lowest BCUT2D eigenvalue weighted by Crippen LogP contribution is -2.44. The first-order chi connectivity index (χ1) is 14.7. The molecule has 30 heavy (non-hydrogen) atoms. The third-order valence-corrected chi connectivity index (χ3v) is 5.88. The van der Waals surface area contributed by atoms with Gasteiger partial charge in [-0.05, 0) is 55.6 Å². The van der Waals surface area contributed by atoms with E-state index in [4.69, 9.17) is 0 Å². The number of pyridine rings is 1. The van der Waals surface area contributed by atoms with E-state index in [2.05, 4.69) is 49.8 Å². The van der Waals surface area contributed by atoms with Gasteiger partial charge in [0.1, 0.15) is 0 Å². The van der Waals surface area contributed by atoms with Gasteiger partial charge in [0, 0.05) is 45.5 Å². The van der Waals surface area contributed by atoms with E-state index >= 15 is 0 Å². The minimum Gasteiger partial charge on any atom is -0.352 e. The summed E-state index contributed by atoms with van der Waals surface area (Å²) in [5.74, 6) is 0.928. The smallest absolute Gasteiger partial charge is 0.191 e. The van der Waals surface area contributed by atoms with Crippen LogP contribution in [0.1, 0.15) is 30.4 Å². The van der Waals surface area contributed by atoms with Crippen molar-refractivity contribution in [3.8, 4) is 0 Å². The van der Waals surface area contributed by atoms with Gasteiger partial charge in [-0.3, -0.25) is 9.89 Å². The average Bonchev–Trinajstić information content (AvgIpc) is 3.45. The molecule has 2 aliphatic rings. The molecule has 1 unspecified atom stereocenters. The molecule has 6 nitrogen and oxygen atoms in total. The lowest BCUT2D eigenvalue weighted by Gasteiger charge is -2.20. The first kappa shape index (κ1) is 20.6. The summed E-state index contributed by atoms with van der Waals surface area (Å²) < 4.78 is 14.0. The summed E-state index contributed by atoms with van der Waals surface area (Å²) in [5, 5.41) is 6.85. The number of likely N-dealkylation sites (tertiary alicyclic amines) is 1. The van der Waals surface area contributed by atoms with Crippen LogP contribution in [0.15, 0.2) is 47.6 Å². The zero-order valence-electron chi connectivity index (χ0n) is 17.6. The molecule has 2 saturated heterocycles. The highest BCUT2D eigenvalue weighted by Gasteiger charge is 2.25. The molecule has 0 radical (unpaired) electrons. The number of guanidine groups is 1. The van der Waals surface area contributed by atoms with Crippen LogP contribution in [0.5, 0.6) is 0 Å². The number of aromatic nitrogens is 1. The summed E-state index contributed by atoms with van der Waals surface area (Å²) in [7, 11) is 1.78. The lowest BCUT2D eigenvalue weighted by molar-refractivity contribution is 0.331. The van der Waals surface area contributed by atoms with Crippen LogP contribution >= 0.6 is 0 Å². The molecule has 7 heteroatoms. The van der Waals surface area contributed by atoms with E-state index in [0.29, 0.717) is 12.4 Å². The number of rotatable bonds is 6. The number of halogens is 1. The van der Waals surface area contributed by atoms with Gasteiger partial charge in [-0.1, -0.05) is 24.3 Å². The van der Waals surface area contributed by atoms with Gasteiger partial charge in [-0.2, -0.15) is 0 Å². The molecule has 0 aliphatic carbocycles. The number of aliphatic imine (C=N–C) groups is 1. The zero-order chi connectivity index (χ0) is 20.8. The van der Waals surface area contributed by atoms with Crippen LogP contribution in [0, 0.1) is 5.82 Å². The highest BCUT2D eigenvalue weighted by atomic mass is 19.1. The first-order valence-corrected chi connectivity index (χ1v) is 10.8. The monoisotopic (exact) mass is 410 g/mol. The molecule has 0 spiro atoms. The minimum atomic E-state index is -0.270. The van der Waals surface area contributed by atoms with E-state index in [0.717, 1.165) is 32.0 Å². The van der Waals surface area contributed by atoms with E-state index in [1.54, 1.807) is 19.3 Å². The maximum Gasteiger partial charge on any atom is 0.191 e. The summed E-state index contributed by atoms with van der Waals surface area (Å²) in [6.07, 6.45) is 5.20. The summed E-state index contributed by atoms with van der Waals surface area (Å²) in [6, 6.07) is 12.1. The molecule has 1 aromatic carbocycles. The van der Waals surface area contributed by atoms with Gasteiger partial charge >= 0.3 is 0 Å². The van der Waals surface area contributed by atoms with E-state index in [1.165, 1.54) is 43.1 Å². The van der Waals surface area contributed by atoms with Crippen LogP contribution in [0.25, 0.3) is 0 Å². The Morgan fingerprint density at radius 1 is 1.13 bits per heavy atom. The summed E-state index contributed by atoms with van der Waals surface area (Å²) >= 11 is 0. The van der Waals surface area contributed by atoms with Gasteiger partial charge in [-0.25, -0.2) is 9.37 Å². The van der Waals surface area contributed by atoms with Crippen molar-refractivity contribution in [1.82, 2.24) is 20.5 Å². The quantitative estimate of drug-likeness (QED) is 0.567. The Labute approximate surface area is 178 Å². The van der Waals surface area contributed by atoms with Crippen molar-refractivity contribution in [2.75, 3.05) is 38.1 Å². The van der Waals surface area contributed by atoms with Gasteiger partial charge in [-0.15, -0.1) is 0 Å². The average molecular weight is 411 g/mol. The van der Waals surface area contributed by atoms with Crippen LogP contribution in [0.2, 0.25) is 0 Å². The van der Waals surface area contributed by atoms with Gasteiger partial charge in [0.2, 0.25) is 0 Å². The number of hydrogen-bond donors (Lipinski definition) is 2. The van der Waals surface area contributed by atoms with Gasteiger partial charge in [0.15, 0.2) is 17.6 Å². The second kappa shape index (κ2) is 9.89. The van der Waals surface area contributed by atoms with Crippen LogP contribution in [-0.4, -0.2) is 55.1 Å². The van der Waals surface area contributed by atoms with Crippen molar-refractivity contribution in [2.24, 2.45) is 4.99 Å². The first-order valence-electron chi connectivity index (χ1n) is 10.8. The van der Waals surface area contributed by atoms with Crippen LogP contribution in [0.3, 0.4) is 0 Å². The predicted molar refractivity (Wildman–Crippen MR) is 119 cm³/mol. The van der Waals surface area contributed by atoms with E-state index < -0.39 is 0 Å². The Morgan fingerprint density at radius 2 is 1.90 bits per heavy atom. The topological polar surface area (TPSA) is 55.8 Å². The molecule has 2 aromatic rings. The van der Waals surface area contributed by atoms with E-state index in [-0.39, 0.29) is 11.9 Å². The minimum absolute atomic E-state index is 0.209. The highest BCUT2D eigenvalue weighted by molar-refractivity contribution is 5.80. The molecule has 160 valence electrons. The van der Waals surface area contributed by atoms with Crippen molar-refractivity contribution in [3.05, 3.63) is 59.5 Å². The molecule has 2 aliphatic heterocycles. The lowest BCUT2D eigenvalue weighted by atomic mass is 10.1. The number of hydrogen-bond acceptors (Lipinski definition) is 4. The Hall–Kier alpha value is -2.67. The summed E-state index contributed by atoms with van der Waals surface area (Å²) in [6.45, 7) is 5.69. The SMILES string of the molecule is CN=C(NCc1ccc(CN2CCCC2)cc1)NC1CCN(c2ncccc2F)C1. The Bertz CT molecular complexity index is 847. The normalized spacial score (nSPS) is 20.0. The molecule has 0 bridgehead atoms. The maximum atomic E-state index is 14.0. The second-order valence-corrected chi connectivity index (χ2v) is 8.11. The van der Waals surface area contributed by atoms with Gasteiger partial charge in [0.25, 0.3) is 0 Å². The number of anilines is 1. The molecule has 3 heterocycles. The van der Waals surface area contributed by atoms with Gasteiger partial charge < -0.3 is 15.5 Å². The third kappa shape index (κ3) is 5.27. The molecule has 1 atom stereocenters. The molecule has 4 rings (SSSR count). The molecule has 2 N–H and O–H groups in total. The molecule has 1 aromatic heterocycles. The second-order valence-electron chi connectivity index (χ2n) is 8.11. The molecule has 0 saturated carbocycles. The fourth-order valence-corrected chi connectivity index (χ4v) is 4.22. The van der Waals surface area contributed by atoms with Crippen molar-refractivity contribution in [2.45, 2.75) is 38.4 Å². The standard InChI is InChI=1S/C23H31FN6/c1-25-23(28-20-10-14-30(17-20)22-21(24)5-4-11-26-22)27-15-18-6-8-19(9-7-18)16-29-12-2-3-13-29/h4-9,11,20H,2-3,10,12-17H2,1H3,(H2,25,27,28). The Kier molecular flexibility index (Phi) is 6.79. The van der Waals surface area contributed by atoms with Crippen molar-refractivity contribution in [1.29, 1.82) is 0 Å².